The summed E-state index contributed by atoms with van der Waals surface area (Å²) in [5.41, 5.74) is 2.56. The zero-order chi connectivity index (χ0) is 18.8. The van der Waals surface area contributed by atoms with Crippen molar-refractivity contribution in [1.82, 2.24) is 15.0 Å². The molecular weight excluding hydrogens is 362 g/mol. The SMILES string of the molecule is Cc1ccccc1C(=O)N1CCCC(c2nc(-c3cccc(Cl)c3)no2)C1. The molecule has 1 atom stereocenters. The van der Waals surface area contributed by atoms with Crippen LogP contribution in [0.4, 0.5) is 0 Å². The van der Waals surface area contributed by atoms with Gasteiger partial charge >= 0.3 is 0 Å². The molecule has 1 aliphatic rings. The molecule has 0 bridgehead atoms. The first-order valence-electron chi connectivity index (χ1n) is 9.06. The fourth-order valence-corrected chi connectivity index (χ4v) is 3.68. The Morgan fingerprint density at radius 1 is 1.22 bits per heavy atom. The minimum atomic E-state index is 0.0483. The summed E-state index contributed by atoms with van der Waals surface area (Å²) in [6.07, 6.45) is 1.84. The van der Waals surface area contributed by atoms with E-state index >= 15 is 0 Å². The average molecular weight is 382 g/mol. The number of likely N-dealkylation sites (tertiary alicyclic amines) is 1. The summed E-state index contributed by atoms with van der Waals surface area (Å²) in [4.78, 5) is 19.3. The number of hydrogen-bond acceptors (Lipinski definition) is 4. The number of hydrogen-bond donors (Lipinski definition) is 0. The van der Waals surface area contributed by atoms with Crippen molar-refractivity contribution in [1.29, 1.82) is 0 Å². The maximum atomic E-state index is 12.9. The lowest BCUT2D eigenvalue weighted by Gasteiger charge is -2.31. The Morgan fingerprint density at radius 3 is 2.89 bits per heavy atom. The van der Waals surface area contributed by atoms with Crippen molar-refractivity contribution in [3.63, 3.8) is 0 Å². The van der Waals surface area contributed by atoms with Crippen LogP contribution in [0.2, 0.25) is 5.02 Å². The van der Waals surface area contributed by atoms with E-state index in [2.05, 4.69) is 10.1 Å². The zero-order valence-corrected chi connectivity index (χ0v) is 15.8. The normalized spacial score (nSPS) is 17.1. The van der Waals surface area contributed by atoms with Crippen LogP contribution in [-0.2, 0) is 0 Å². The molecule has 0 saturated carbocycles. The van der Waals surface area contributed by atoms with Crippen molar-refractivity contribution in [2.24, 2.45) is 0 Å². The fraction of sp³-hybridized carbons (Fsp3) is 0.286. The van der Waals surface area contributed by atoms with Crippen molar-refractivity contribution in [2.75, 3.05) is 13.1 Å². The second-order valence-corrected chi connectivity index (χ2v) is 7.31. The first-order valence-corrected chi connectivity index (χ1v) is 9.44. The third-order valence-electron chi connectivity index (χ3n) is 4.96. The van der Waals surface area contributed by atoms with Crippen LogP contribution in [0.3, 0.4) is 0 Å². The van der Waals surface area contributed by atoms with Gasteiger partial charge in [-0.2, -0.15) is 4.98 Å². The molecule has 1 saturated heterocycles. The Kier molecular flexibility index (Phi) is 4.94. The summed E-state index contributed by atoms with van der Waals surface area (Å²) in [6, 6.07) is 15.1. The zero-order valence-electron chi connectivity index (χ0n) is 15.1. The smallest absolute Gasteiger partial charge is 0.254 e. The number of benzene rings is 2. The Balaban J connectivity index is 1.52. The van der Waals surface area contributed by atoms with Gasteiger partial charge < -0.3 is 9.42 Å². The topological polar surface area (TPSA) is 59.2 Å². The number of aryl methyl sites for hydroxylation is 1. The van der Waals surface area contributed by atoms with Crippen molar-refractivity contribution >= 4 is 17.5 Å². The summed E-state index contributed by atoms with van der Waals surface area (Å²) >= 11 is 6.04. The average Bonchev–Trinajstić information content (AvgIpc) is 3.18. The molecule has 0 aliphatic carbocycles. The molecule has 1 unspecified atom stereocenters. The maximum absolute atomic E-state index is 12.9. The van der Waals surface area contributed by atoms with Gasteiger partial charge in [0.15, 0.2) is 0 Å². The number of halogens is 1. The quantitative estimate of drug-likeness (QED) is 0.658. The molecule has 1 aromatic heterocycles. The van der Waals surface area contributed by atoms with E-state index in [1.54, 1.807) is 0 Å². The number of piperidine rings is 1. The van der Waals surface area contributed by atoms with Crippen LogP contribution in [0.5, 0.6) is 0 Å². The van der Waals surface area contributed by atoms with Crippen LogP contribution in [0.15, 0.2) is 53.1 Å². The van der Waals surface area contributed by atoms with E-state index in [1.807, 2.05) is 60.4 Å². The molecule has 5 nitrogen and oxygen atoms in total. The summed E-state index contributed by atoms with van der Waals surface area (Å²) in [5.74, 6) is 1.21. The number of carbonyl (C=O) groups excluding carboxylic acids is 1. The van der Waals surface area contributed by atoms with Crippen molar-refractivity contribution < 1.29 is 9.32 Å². The molecule has 0 N–H and O–H groups in total. The molecule has 0 spiro atoms. The van der Waals surface area contributed by atoms with Gasteiger partial charge in [-0.3, -0.25) is 4.79 Å². The molecule has 1 aliphatic heterocycles. The minimum Gasteiger partial charge on any atom is -0.339 e. The van der Waals surface area contributed by atoms with E-state index < -0.39 is 0 Å². The molecule has 1 fully saturated rings. The van der Waals surface area contributed by atoms with Crippen LogP contribution in [0.25, 0.3) is 11.4 Å². The van der Waals surface area contributed by atoms with Gasteiger partial charge in [0.2, 0.25) is 11.7 Å². The van der Waals surface area contributed by atoms with Gasteiger partial charge in [0.1, 0.15) is 0 Å². The van der Waals surface area contributed by atoms with Crippen molar-refractivity contribution in [3.8, 4) is 11.4 Å². The minimum absolute atomic E-state index is 0.0483. The molecule has 2 aromatic carbocycles. The van der Waals surface area contributed by atoms with Gasteiger partial charge in [-0.15, -0.1) is 0 Å². The molecule has 0 radical (unpaired) electrons. The fourth-order valence-electron chi connectivity index (χ4n) is 3.49. The Bertz CT molecular complexity index is 969. The third kappa shape index (κ3) is 3.74. The molecule has 2 heterocycles. The van der Waals surface area contributed by atoms with Gasteiger partial charge in [0, 0.05) is 29.2 Å². The summed E-state index contributed by atoms with van der Waals surface area (Å²) in [6.45, 7) is 3.30. The first kappa shape index (κ1) is 17.7. The molecular formula is C21H20ClN3O2. The highest BCUT2D eigenvalue weighted by molar-refractivity contribution is 6.30. The van der Waals surface area contributed by atoms with E-state index in [-0.39, 0.29) is 11.8 Å². The highest BCUT2D eigenvalue weighted by atomic mass is 35.5. The molecule has 4 rings (SSSR count). The number of amides is 1. The number of aromatic nitrogens is 2. The Hall–Kier alpha value is -2.66. The number of carbonyl (C=O) groups is 1. The summed E-state index contributed by atoms with van der Waals surface area (Å²) in [5, 5.41) is 4.73. The predicted molar refractivity (Wildman–Crippen MR) is 104 cm³/mol. The monoisotopic (exact) mass is 381 g/mol. The van der Waals surface area contributed by atoms with Gasteiger partial charge in [-0.05, 0) is 43.5 Å². The van der Waals surface area contributed by atoms with Crippen LogP contribution < -0.4 is 0 Å². The van der Waals surface area contributed by atoms with Crippen molar-refractivity contribution in [2.45, 2.75) is 25.7 Å². The highest BCUT2D eigenvalue weighted by Crippen LogP contribution is 2.29. The second-order valence-electron chi connectivity index (χ2n) is 6.87. The molecule has 138 valence electrons. The van der Waals surface area contributed by atoms with Gasteiger partial charge in [0.25, 0.3) is 5.91 Å². The number of nitrogens with zero attached hydrogens (tertiary/aromatic N) is 3. The van der Waals surface area contributed by atoms with Crippen LogP contribution >= 0.6 is 11.6 Å². The van der Waals surface area contributed by atoms with Gasteiger partial charge in [-0.1, -0.05) is 47.1 Å². The molecule has 27 heavy (non-hydrogen) atoms. The van der Waals surface area contributed by atoms with Crippen LogP contribution in [-0.4, -0.2) is 34.0 Å². The summed E-state index contributed by atoms with van der Waals surface area (Å²) < 4.78 is 5.51. The highest BCUT2D eigenvalue weighted by Gasteiger charge is 2.29. The van der Waals surface area contributed by atoms with Gasteiger partial charge in [-0.25, -0.2) is 0 Å². The van der Waals surface area contributed by atoms with Crippen LogP contribution in [0.1, 0.15) is 40.6 Å². The maximum Gasteiger partial charge on any atom is 0.254 e. The lowest BCUT2D eigenvalue weighted by molar-refractivity contribution is 0.0695. The lowest BCUT2D eigenvalue weighted by atomic mass is 9.96. The van der Waals surface area contributed by atoms with E-state index in [0.717, 1.165) is 36.1 Å². The molecule has 3 aromatic rings. The van der Waals surface area contributed by atoms with E-state index in [4.69, 9.17) is 16.1 Å². The molecule has 6 heteroatoms. The third-order valence-corrected chi connectivity index (χ3v) is 5.19. The Morgan fingerprint density at radius 2 is 2.07 bits per heavy atom. The predicted octanol–water partition coefficient (Wildman–Crippen LogP) is 4.72. The lowest BCUT2D eigenvalue weighted by Crippen LogP contribution is -2.39. The summed E-state index contributed by atoms with van der Waals surface area (Å²) in [7, 11) is 0. The van der Waals surface area contributed by atoms with Crippen molar-refractivity contribution in [3.05, 3.63) is 70.6 Å². The number of rotatable bonds is 3. The standard InChI is InChI=1S/C21H20ClN3O2/c1-14-6-2-3-10-18(14)21(26)25-11-5-8-16(13-25)20-23-19(24-27-20)15-7-4-9-17(22)12-15/h2-4,6-7,9-10,12,16H,5,8,11,13H2,1H3. The van der Waals surface area contributed by atoms with E-state index in [0.29, 0.717) is 23.3 Å². The Labute approximate surface area is 163 Å². The molecule has 1 amide bonds. The van der Waals surface area contributed by atoms with E-state index in [9.17, 15) is 4.79 Å². The van der Waals surface area contributed by atoms with E-state index in [1.165, 1.54) is 0 Å². The second kappa shape index (κ2) is 7.53. The largest absolute Gasteiger partial charge is 0.339 e. The van der Waals surface area contributed by atoms with Crippen LogP contribution in [0, 0.1) is 6.92 Å². The van der Waals surface area contributed by atoms with Gasteiger partial charge in [0.05, 0.1) is 5.92 Å². The first-order chi connectivity index (χ1) is 13.1.